The van der Waals surface area contributed by atoms with Crippen LogP contribution in [0.15, 0.2) is 6.07 Å². The third-order valence-electron chi connectivity index (χ3n) is 2.53. The molecule has 0 bridgehead atoms. The number of hydrogen-bond donors (Lipinski definition) is 2. The first-order chi connectivity index (χ1) is 7.29. The molecule has 4 nitrogen and oxygen atoms in total. The molecular formula is C10H13ClN4. The van der Waals surface area contributed by atoms with Gasteiger partial charge in [0.05, 0.1) is 0 Å². The molecule has 5 heteroatoms. The first-order valence-electron chi connectivity index (χ1n) is 5.37. The molecule has 0 amide bonds. The van der Waals surface area contributed by atoms with Gasteiger partial charge in [0.25, 0.3) is 0 Å². The van der Waals surface area contributed by atoms with E-state index in [4.69, 9.17) is 11.6 Å². The largest absolute Gasteiger partial charge is 0.367 e. The first-order valence-corrected chi connectivity index (χ1v) is 5.75. The smallest absolute Gasteiger partial charge is 0.226 e. The van der Waals surface area contributed by atoms with E-state index in [9.17, 15) is 0 Å². The predicted molar refractivity (Wildman–Crippen MR) is 60.3 cm³/mol. The maximum absolute atomic E-state index is 5.93. The Morgan fingerprint density at radius 2 is 1.73 bits per heavy atom. The molecule has 0 radical (unpaired) electrons. The minimum absolute atomic E-state index is 0.497. The van der Waals surface area contributed by atoms with E-state index in [2.05, 4.69) is 20.6 Å². The summed E-state index contributed by atoms with van der Waals surface area (Å²) in [5.41, 5.74) is 0. The summed E-state index contributed by atoms with van der Waals surface area (Å²) >= 11 is 5.93. The Hall–Kier alpha value is -1.03. The minimum atomic E-state index is 0.497. The van der Waals surface area contributed by atoms with Gasteiger partial charge < -0.3 is 10.6 Å². The van der Waals surface area contributed by atoms with Gasteiger partial charge in [0.2, 0.25) is 5.95 Å². The molecule has 0 spiro atoms. The van der Waals surface area contributed by atoms with E-state index in [1.807, 2.05) is 0 Å². The van der Waals surface area contributed by atoms with E-state index in [0.29, 0.717) is 23.2 Å². The molecule has 0 saturated heterocycles. The highest BCUT2D eigenvalue weighted by atomic mass is 35.5. The predicted octanol–water partition coefficient (Wildman–Crippen LogP) is 2.28. The van der Waals surface area contributed by atoms with Gasteiger partial charge in [0.15, 0.2) is 0 Å². The summed E-state index contributed by atoms with van der Waals surface area (Å²) in [6.07, 6.45) is 4.88. The van der Waals surface area contributed by atoms with Crippen molar-refractivity contribution in [3.8, 4) is 0 Å². The van der Waals surface area contributed by atoms with Crippen LogP contribution in [-0.2, 0) is 0 Å². The van der Waals surface area contributed by atoms with Gasteiger partial charge in [0.1, 0.15) is 11.0 Å². The van der Waals surface area contributed by atoms with Gasteiger partial charge in [0, 0.05) is 18.2 Å². The molecule has 1 aromatic rings. The molecule has 80 valence electrons. The zero-order valence-corrected chi connectivity index (χ0v) is 9.09. The Balaban J connectivity index is 1.76. The SMILES string of the molecule is Clc1cc(NC2CC2)nc(NC2CC2)n1. The van der Waals surface area contributed by atoms with Crippen LogP contribution in [0.2, 0.25) is 5.15 Å². The van der Waals surface area contributed by atoms with Gasteiger partial charge in [-0.2, -0.15) is 4.98 Å². The third-order valence-corrected chi connectivity index (χ3v) is 2.73. The van der Waals surface area contributed by atoms with Crippen molar-refractivity contribution in [3.05, 3.63) is 11.2 Å². The Kier molecular flexibility index (Phi) is 2.16. The third kappa shape index (κ3) is 2.50. The van der Waals surface area contributed by atoms with Crippen LogP contribution in [0.5, 0.6) is 0 Å². The van der Waals surface area contributed by atoms with Crippen LogP contribution in [0.1, 0.15) is 25.7 Å². The van der Waals surface area contributed by atoms with Crippen molar-refractivity contribution < 1.29 is 0 Å². The lowest BCUT2D eigenvalue weighted by molar-refractivity contribution is 1.03. The number of hydrogen-bond acceptors (Lipinski definition) is 4. The second-order valence-corrected chi connectivity index (χ2v) is 4.62. The highest BCUT2D eigenvalue weighted by Crippen LogP contribution is 2.27. The number of anilines is 2. The summed E-state index contributed by atoms with van der Waals surface area (Å²) in [6.45, 7) is 0. The van der Waals surface area contributed by atoms with Gasteiger partial charge >= 0.3 is 0 Å². The molecule has 2 N–H and O–H groups in total. The number of nitrogens with zero attached hydrogens (tertiary/aromatic N) is 2. The molecule has 0 unspecified atom stereocenters. The molecule has 0 atom stereocenters. The van der Waals surface area contributed by atoms with Crippen molar-refractivity contribution in [2.45, 2.75) is 37.8 Å². The number of halogens is 1. The monoisotopic (exact) mass is 224 g/mol. The fraction of sp³-hybridized carbons (Fsp3) is 0.600. The van der Waals surface area contributed by atoms with E-state index in [-0.39, 0.29) is 0 Å². The topological polar surface area (TPSA) is 49.8 Å². The van der Waals surface area contributed by atoms with Crippen molar-refractivity contribution in [1.82, 2.24) is 9.97 Å². The molecule has 2 fully saturated rings. The van der Waals surface area contributed by atoms with Crippen LogP contribution in [0.25, 0.3) is 0 Å². The van der Waals surface area contributed by atoms with Crippen molar-refractivity contribution >= 4 is 23.4 Å². The lowest BCUT2D eigenvalue weighted by atomic mass is 10.5. The molecule has 3 rings (SSSR count). The summed E-state index contributed by atoms with van der Waals surface area (Å²) in [4.78, 5) is 8.52. The average Bonchev–Trinajstić information content (AvgIpc) is 2.98. The zero-order valence-electron chi connectivity index (χ0n) is 8.33. The summed E-state index contributed by atoms with van der Waals surface area (Å²) < 4.78 is 0. The van der Waals surface area contributed by atoms with Gasteiger partial charge in [-0.25, -0.2) is 4.98 Å². The van der Waals surface area contributed by atoms with E-state index in [0.717, 1.165) is 5.82 Å². The van der Waals surface area contributed by atoms with Gasteiger partial charge in [-0.3, -0.25) is 0 Å². The summed E-state index contributed by atoms with van der Waals surface area (Å²) in [6, 6.07) is 2.92. The first kappa shape index (κ1) is 9.21. The average molecular weight is 225 g/mol. The molecule has 0 aromatic carbocycles. The van der Waals surface area contributed by atoms with E-state index in [1.54, 1.807) is 6.07 Å². The quantitative estimate of drug-likeness (QED) is 0.771. The van der Waals surface area contributed by atoms with Gasteiger partial charge in [-0.1, -0.05) is 11.6 Å². The number of rotatable bonds is 4. The highest BCUT2D eigenvalue weighted by molar-refractivity contribution is 6.29. The van der Waals surface area contributed by atoms with E-state index in [1.165, 1.54) is 25.7 Å². The number of aromatic nitrogens is 2. The second kappa shape index (κ2) is 3.52. The van der Waals surface area contributed by atoms with E-state index >= 15 is 0 Å². The maximum atomic E-state index is 5.93. The summed E-state index contributed by atoms with van der Waals surface area (Å²) in [5.74, 6) is 1.48. The van der Waals surface area contributed by atoms with Crippen LogP contribution < -0.4 is 10.6 Å². The van der Waals surface area contributed by atoms with Crippen LogP contribution in [-0.4, -0.2) is 22.1 Å². The summed E-state index contributed by atoms with van der Waals surface area (Å²) in [7, 11) is 0. The Bertz CT molecular complexity index is 341. The molecule has 1 aromatic heterocycles. The highest BCUT2D eigenvalue weighted by Gasteiger charge is 2.24. The molecule has 2 aliphatic carbocycles. The van der Waals surface area contributed by atoms with Crippen LogP contribution in [0, 0.1) is 0 Å². The molecule has 2 aliphatic rings. The molecule has 15 heavy (non-hydrogen) atoms. The molecule has 1 heterocycles. The van der Waals surface area contributed by atoms with Gasteiger partial charge in [-0.15, -0.1) is 0 Å². The second-order valence-electron chi connectivity index (χ2n) is 4.24. The Morgan fingerprint density at radius 3 is 2.40 bits per heavy atom. The van der Waals surface area contributed by atoms with Crippen LogP contribution in [0.4, 0.5) is 11.8 Å². The van der Waals surface area contributed by atoms with Crippen molar-refractivity contribution in [1.29, 1.82) is 0 Å². The van der Waals surface area contributed by atoms with Crippen LogP contribution in [0.3, 0.4) is 0 Å². The fourth-order valence-corrected chi connectivity index (χ4v) is 1.59. The normalized spacial score (nSPS) is 20.1. The van der Waals surface area contributed by atoms with Gasteiger partial charge in [-0.05, 0) is 25.7 Å². The standard InChI is InChI=1S/C10H13ClN4/c11-8-5-9(12-6-1-2-6)15-10(14-8)13-7-3-4-7/h5-7H,1-4H2,(H2,12,13,14,15). The zero-order chi connectivity index (χ0) is 10.3. The maximum Gasteiger partial charge on any atom is 0.226 e. The lowest BCUT2D eigenvalue weighted by Gasteiger charge is -2.07. The molecule has 2 saturated carbocycles. The summed E-state index contributed by atoms with van der Waals surface area (Å²) in [5, 5.41) is 7.06. The van der Waals surface area contributed by atoms with Crippen molar-refractivity contribution in [3.63, 3.8) is 0 Å². The van der Waals surface area contributed by atoms with Crippen molar-refractivity contribution in [2.24, 2.45) is 0 Å². The fourth-order valence-electron chi connectivity index (χ4n) is 1.40. The Morgan fingerprint density at radius 1 is 1.07 bits per heavy atom. The lowest BCUT2D eigenvalue weighted by Crippen LogP contribution is -2.09. The van der Waals surface area contributed by atoms with Crippen molar-refractivity contribution in [2.75, 3.05) is 10.6 Å². The Labute approximate surface area is 93.5 Å². The number of nitrogens with one attached hydrogen (secondary N) is 2. The van der Waals surface area contributed by atoms with Crippen LogP contribution >= 0.6 is 11.6 Å². The minimum Gasteiger partial charge on any atom is -0.367 e. The molecular weight excluding hydrogens is 212 g/mol. The molecule has 0 aliphatic heterocycles. The van der Waals surface area contributed by atoms with E-state index < -0.39 is 0 Å².